The Kier molecular flexibility index (Phi) is 7.12. The molecule has 2 saturated heterocycles. The number of likely N-dealkylation sites (tertiary alicyclic amines) is 1. The predicted molar refractivity (Wildman–Crippen MR) is 137 cm³/mol. The fraction of sp³-hybridized carbons (Fsp3) is 0.393. The van der Waals surface area contributed by atoms with Crippen molar-refractivity contribution in [3.63, 3.8) is 0 Å². The van der Waals surface area contributed by atoms with Gasteiger partial charge < -0.3 is 25.5 Å². The highest BCUT2D eigenvalue weighted by Crippen LogP contribution is 2.39. The molecule has 5 atom stereocenters. The van der Waals surface area contributed by atoms with Gasteiger partial charge in [-0.2, -0.15) is 5.26 Å². The second kappa shape index (κ2) is 10.6. The van der Waals surface area contributed by atoms with E-state index in [2.05, 4.69) is 21.7 Å². The second-order valence-corrected chi connectivity index (χ2v) is 9.71. The highest BCUT2D eigenvalue weighted by Gasteiger charge is 2.44. The van der Waals surface area contributed by atoms with Gasteiger partial charge in [0.25, 0.3) is 0 Å². The Balaban J connectivity index is 1.42. The van der Waals surface area contributed by atoms with Gasteiger partial charge in [-0.05, 0) is 43.0 Å². The predicted octanol–water partition coefficient (Wildman–Crippen LogP) is 2.56. The molecule has 1 aromatic heterocycles. The number of hydrogen-bond acceptors (Lipinski definition) is 6. The molecule has 9 heteroatoms. The number of aromatic nitrogens is 1. The third kappa shape index (κ3) is 4.90. The Morgan fingerprint density at radius 1 is 1.24 bits per heavy atom. The lowest BCUT2D eigenvalue weighted by Crippen LogP contribution is -2.50. The molecule has 2 aliphatic heterocycles. The van der Waals surface area contributed by atoms with E-state index in [-0.39, 0.29) is 30.1 Å². The molecule has 2 fully saturated rings. The molecule has 9 nitrogen and oxygen atoms in total. The third-order valence-electron chi connectivity index (χ3n) is 7.55. The molecule has 0 bridgehead atoms. The molecule has 2 amide bonds. The Morgan fingerprint density at radius 2 is 2.05 bits per heavy atom. The minimum Gasteiger partial charge on any atom is -0.496 e. The summed E-state index contributed by atoms with van der Waals surface area (Å²) in [6, 6.07) is 17.9. The SMILES string of the molecule is COc1cccc2[nH]c(C(O)N3CC[C@H](c4ccccc4)[C@H]3C(=O)N[C@H](C#N)C[C@@H]3CCNC3=O)cc12. The third-order valence-corrected chi connectivity index (χ3v) is 7.55. The molecule has 192 valence electrons. The number of methoxy groups -OCH3 is 1. The lowest BCUT2D eigenvalue weighted by Gasteiger charge is -2.31. The van der Waals surface area contributed by atoms with Gasteiger partial charge in [-0.1, -0.05) is 36.4 Å². The maximum absolute atomic E-state index is 13.7. The molecule has 37 heavy (non-hydrogen) atoms. The fourth-order valence-corrected chi connectivity index (χ4v) is 5.67. The minimum atomic E-state index is -1.07. The van der Waals surface area contributed by atoms with Crippen LogP contribution < -0.4 is 15.4 Å². The summed E-state index contributed by atoms with van der Waals surface area (Å²) < 4.78 is 5.46. The van der Waals surface area contributed by atoms with E-state index in [9.17, 15) is 20.0 Å². The number of aliphatic hydroxyl groups is 1. The van der Waals surface area contributed by atoms with Crippen molar-refractivity contribution in [3.05, 3.63) is 65.9 Å². The van der Waals surface area contributed by atoms with E-state index in [1.165, 1.54) is 0 Å². The lowest BCUT2D eigenvalue weighted by molar-refractivity contribution is -0.131. The van der Waals surface area contributed by atoms with Crippen molar-refractivity contribution in [2.75, 3.05) is 20.2 Å². The molecule has 3 aromatic rings. The molecule has 3 heterocycles. The number of fused-ring (bicyclic) bond motifs is 1. The van der Waals surface area contributed by atoms with E-state index in [1.807, 2.05) is 54.6 Å². The van der Waals surface area contributed by atoms with Gasteiger partial charge in [-0.3, -0.25) is 14.5 Å². The van der Waals surface area contributed by atoms with Gasteiger partial charge in [0, 0.05) is 35.8 Å². The standard InChI is InChI=1S/C28H31N5O4/c1-37-24-9-5-8-22-21(24)15-23(32-22)28(36)33-13-11-20(17-6-3-2-4-7-17)25(33)27(35)31-19(16-29)14-18-10-12-30-26(18)34/h2-9,15,18-20,25,28,32,36H,10-14H2,1H3,(H,30,34)(H,31,35)/t18-,19-,20+,25-,28?/m0/s1. The van der Waals surface area contributed by atoms with Crippen LogP contribution in [0.5, 0.6) is 5.75 Å². The molecular weight excluding hydrogens is 470 g/mol. The van der Waals surface area contributed by atoms with Crippen molar-refractivity contribution < 1.29 is 19.4 Å². The van der Waals surface area contributed by atoms with Crippen LogP contribution in [-0.4, -0.2) is 59.1 Å². The summed E-state index contributed by atoms with van der Waals surface area (Å²) in [5.74, 6) is -0.170. The number of aromatic amines is 1. The first kappa shape index (κ1) is 24.8. The summed E-state index contributed by atoms with van der Waals surface area (Å²) in [7, 11) is 1.60. The molecule has 0 aliphatic carbocycles. The molecule has 2 aliphatic rings. The van der Waals surface area contributed by atoms with Crippen LogP contribution in [0, 0.1) is 17.2 Å². The first-order chi connectivity index (χ1) is 18.0. The van der Waals surface area contributed by atoms with Crippen molar-refractivity contribution in [2.24, 2.45) is 5.92 Å². The fourth-order valence-electron chi connectivity index (χ4n) is 5.67. The van der Waals surface area contributed by atoms with E-state index >= 15 is 0 Å². The Labute approximate surface area is 215 Å². The Bertz CT molecular complexity index is 1320. The minimum absolute atomic E-state index is 0.0798. The van der Waals surface area contributed by atoms with Crippen molar-refractivity contribution in [1.82, 2.24) is 20.5 Å². The maximum atomic E-state index is 13.7. The van der Waals surface area contributed by atoms with Gasteiger partial charge in [0.2, 0.25) is 11.8 Å². The van der Waals surface area contributed by atoms with Gasteiger partial charge in [0.1, 0.15) is 18.0 Å². The number of H-pyrrole nitrogens is 1. The van der Waals surface area contributed by atoms with Crippen LogP contribution in [0.25, 0.3) is 10.9 Å². The molecule has 0 saturated carbocycles. The Hall–Kier alpha value is -3.87. The number of aliphatic hydroxyl groups excluding tert-OH is 1. The van der Waals surface area contributed by atoms with Gasteiger partial charge >= 0.3 is 0 Å². The van der Waals surface area contributed by atoms with Gasteiger partial charge in [0.05, 0.1) is 24.9 Å². The van der Waals surface area contributed by atoms with Crippen LogP contribution in [-0.2, 0) is 9.59 Å². The number of ether oxygens (including phenoxy) is 1. The average Bonchev–Trinajstić information content (AvgIpc) is 3.66. The van der Waals surface area contributed by atoms with E-state index < -0.39 is 18.3 Å². The molecule has 1 unspecified atom stereocenters. The maximum Gasteiger partial charge on any atom is 0.239 e. The second-order valence-electron chi connectivity index (χ2n) is 9.71. The van der Waals surface area contributed by atoms with Crippen LogP contribution in [0.1, 0.15) is 42.7 Å². The monoisotopic (exact) mass is 501 g/mol. The van der Waals surface area contributed by atoms with Crippen molar-refractivity contribution in [1.29, 1.82) is 5.26 Å². The normalized spacial score (nSPS) is 23.4. The van der Waals surface area contributed by atoms with Crippen molar-refractivity contribution in [3.8, 4) is 11.8 Å². The number of nitriles is 1. The highest BCUT2D eigenvalue weighted by atomic mass is 16.5. The Morgan fingerprint density at radius 3 is 2.76 bits per heavy atom. The quantitative estimate of drug-likeness (QED) is 0.375. The van der Waals surface area contributed by atoms with Crippen LogP contribution in [0.3, 0.4) is 0 Å². The summed E-state index contributed by atoms with van der Waals surface area (Å²) in [4.78, 5) is 30.8. The number of carbonyl (C=O) groups is 2. The smallest absolute Gasteiger partial charge is 0.239 e. The number of carbonyl (C=O) groups excluding carboxylic acids is 2. The first-order valence-electron chi connectivity index (χ1n) is 12.6. The first-order valence-corrected chi connectivity index (χ1v) is 12.6. The zero-order valence-corrected chi connectivity index (χ0v) is 20.7. The number of rotatable bonds is 8. The van der Waals surface area contributed by atoms with Crippen LogP contribution >= 0.6 is 0 Å². The van der Waals surface area contributed by atoms with Crippen LogP contribution in [0.2, 0.25) is 0 Å². The van der Waals surface area contributed by atoms with Crippen LogP contribution in [0.15, 0.2) is 54.6 Å². The van der Waals surface area contributed by atoms with Gasteiger partial charge in [-0.15, -0.1) is 0 Å². The van der Waals surface area contributed by atoms with E-state index in [0.29, 0.717) is 37.4 Å². The number of benzene rings is 2. The number of nitrogens with zero attached hydrogens (tertiary/aromatic N) is 2. The summed E-state index contributed by atoms with van der Waals surface area (Å²) in [5.41, 5.74) is 2.39. The van der Waals surface area contributed by atoms with Crippen molar-refractivity contribution in [2.45, 2.75) is 43.5 Å². The summed E-state index contributed by atoms with van der Waals surface area (Å²) in [6.45, 7) is 1.08. The number of hydrogen-bond donors (Lipinski definition) is 4. The molecule has 4 N–H and O–H groups in total. The largest absolute Gasteiger partial charge is 0.496 e. The summed E-state index contributed by atoms with van der Waals surface area (Å²) in [6.07, 6.45) is 0.520. The zero-order chi connectivity index (χ0) is 25.9. The highest BCUT2D eigenvalue weighted by molar-refractivity contribution is 5.87. The van der Waals surface area contributed by atoms with Crippen LogP contribution in [0.4, 0.5) is 0 Å². The average molecular weight is 502 g/mol. The number of nitrogens with one attached hydrogen (secondary N) is 3. The zero-order valence-electron chi connectivity index (χ0n) is 20.7. The molecule has 5 rings (SSSR count). The summed E-state index contributed by atoms with van der Waals surface area (Å²) >= 11 is 0. The van der Waals surface area contributed by atoms with E-state index in [0.717, 1.165) is 16.5 Å². The topological polar surface area (TPSA) is 130 Å². The van der Waals surface area contributed by atoms with Crippen molar-refractivity contribution >= 4 is 22.7 Å². The van der Waals surface area contributed by atoms with Gasteiger partial charge in [0.15, 0.2) is 0 Å². The summed E-state index contributed by atoms with van der Waals surface area (Å²) in [5, 5.41) is 27.7. The molecule has 0 radical (unpaired) electrons. The molecular formula is C28H31N5O4. The number of amides is 2. The molecule has 2 aromatic carbocycles. The lowest BCUT2D eigenvalue weighted by atomic mass is 9.90. The van der Waals surface area contributed by atoms with E-state index in [4.69, 9.17) is 4.74 Å². The molecule has 0 spiro atoms. The van der Waals surface area contributed by atoms with Gasteiger partial charge in [-0.25, -0.2) is 0 Å². The van der Waals surface area contributed by atoms with E-state index in [1.54, 1.807) is 12.0 Å².